The van der Waals surface area contributed by atoms with E-state index in [1.807, 2.05) is 60.7 Å². The zero-order chi connectivity index (χ0) is 12.6. The molecule has 0 amide bonds. The molecule has 0 aliphatic rings. The van der Waals surface area contributed by atoms with Gasteiger partial charge in [-0.1, -0.05) is 60.7 Å². The lowest BCUT2D eigenvalue weighted by atomic mass is 10.2. The third-order valence-corrected chi connectivity index (χ3v) is 2.45. The summed E-state index contributed by atoms with van der Waals surface area (Å²) in [5.74, 6) is -0.256. The fourth-order valence-electron chi connectivity index (χ4n) is 1.56. The van der Waals surface area contributed by atoms with Gasteiger partial charge in [0.25, 0.3) is 0 Å². The summed E-state index contributed by atoms with van der Waals surface area (Å²) in [5, 5.41) is 0. The third-order valence-electron chi connectivity index (χ3n) is 2.45. The first kappa shape index (κ1) is 12.1. The highest BCUT2D eigenvalue weighted by molar-refractivity contribution is 5.73. The van der Waals surface area contributed by atoms with E-state index in [-0.39, 0.29) is 5.97 Å². The number of esters is 1. The second kappa shape index (κ2) is 6.40. The van der Waals surface area contributed by atoms with Gasteiger partial charge in [-0.15, -0.1) is 0 Å². The minimum Gasteiger partial charge on any atom is -0.434 e. The Morgan fingerprint density at radius 1 is 0.944 bits per heavy atom. The fourth-order valence-corrected chi connectivity index (χ4v) is 1.56. The van der Waals surface area contributed by atoms with Gasteiger partial charge in [0, 0.05) is 0 Å². The first-order valence-electron chi connectivity index (χ1n) is 5.79. The Kier molecular flexibility index (Phi) is 4.31. The Bertz CT molecular complexity index is 515. The Hall–Kier alpha value is -2.35. The molecule has 0 N–H and O–H groups in total. The van der Waals surface area contributed by atoms with Gasteiger partial charge in [-0.3, -0.25) is 4.79 Å². The second-order valence-corrected chi connectivity index (χ2v) is 3.87. The van der Waals surface area contributed by atoms with Crippen molar-refractivity contribution in [1.82, 2.24) is 0 Å². The smallest absolute Gasteiger partial charge is 0.315 e. The van der Waals surface area contributed by atoms with Crippen LogP contribution in [0.15, 0.2) is 66.9 Å². The number of hydrogen-bond acceptors (Lipinski definition) is 2. The highest BCUT2D eigenvalue weighted by atomic mass is 16.5. The molecule has 0 unspecified atom stereocenters. The van der Waals surface area contributed by atoms with Crippen LogP contribution in [0, 0.1) is 0 Å². The van der Waals surface area contributed by atoms with Crippen molar-refractivity contribution in [3.8, 4) is 0 Å². The molecule has 0 aliphatic carbocycles. The lowest BCUT2D eigenvalue weighted by Gasteiger charge is -1.99. The molecule has 0 atom stereocenters. The Labute approximate surface area is 107 Å². The topological polar surface area (TPSA) is 26.3 Å². The quantitative estimate of drug-likeness (QED) is 0.602. The summed E-state index contributed by atoms with van der Waals surface area (Å²) < 4.78 is 5.03. The number of carbonyl (C=O) groups excluding carboxylic acids is 1. The lowest BCUT2D eigenvalue weighted by molar-refractivity contribution is -0.137. The zero-order valence-corrected chi connectivity index (χ0v) is 9.95. The molecule has 2 heteroatoms. The molecule has 2 aromatic carbocycles. The largest absolute Gasteiger partial charge is 0.434 e. The predicted molar refractivity (Wildman–Crippen MR) is 71.7 cm³/mol. The lowest BCUT2D eigenvalue weighted by Crippen LogP contribution is -2.03. The number of carbonyl (C=O) groups is 1. The molecule has 2 rings (SSSR count). The highest BCUT2D eigenvalue weighted by Gasteiger charge is 2.01. The van der Waals surface area contributed by atoms with Crippen molar-refractivity contribution in [3.05, 3.63) is 78.1 Å². The van der Waals surface area contributed by atoms with Crippen molar-refractivity contribution in [2.75, 3.05) is 0 Å². The van der Waals surface area contributed by atoms with Gasteiger partial charge in [0.15, 0.2) is 0 Å². The maximum absolute atomic E-state index is 11.5. The van der Waals surface area contributed by atoms with Gasteiger partial charge in [0.05, 0.1) is 12.7 Å². The van der Waals surface area contributed by atoms with E-state index in [1.165, 1.54) is 6.26 Å². The molecule has 0 fully saturated rings. The van der Waals surface area contributed by atoms with Crippen molar-refractivity contribution in [3.63, 3.8) is 0 Å². The van der Waals surface area contributed by atoms with Gasteiger partial charge >= 0.3 is 5.97 Å². The summed E-state index contributed by atoms with van der Waals surface area (Å²) in [6.07, 6.45) is 3.49. The van der Waals surface area contributed by atoms with E-state index in [0.29, 0.717) is 6.42 Å². The van der Waals surface area contributed by atoms with Gasteiger partial charge in [-0.25, -0.2) is 0 Å². The van der Waals surface area contributed by atoms with Gasteiger partial charge in [-0.2, -0.15) is 0 Å². The van der Waals surface area contributed by atoms with Crippen molar-refractivity contribution in [1.29, 1.82) is 0 Å². The first-order chi connectivity index (χ1) is 8.84. The normalized spacial score (nSPS) is 10.4. The molecule has 0 bridgehead atoms. The van der Waals surface area contributed by atoms with Crippen molar-refractivity contribution in [2.45, 2.75) is 6.42 Å². The van der Waals surface area contributed by atoms with Crippen LogP contribution in [0.2, 0.25) is 0 Å². The standard InChI is InChI=1S/C16H14O2/c17-16(13-15-9-5-2-6-10-15)18-12-11-14-7-3-1-4-8-14/h1-12H,13H2/b12-11-. The fraction of sp³-hybridized carbons (Fsp3) is 0.0625. The molecule has 2 aromatic rings. The van der Waals surface area contributed by atoms with Crippen molar-refractivity contribution < 1.29 is 9.53 Å². The van der Waals surface area contributed by atoms with E-state index in [0.717, 1.165) is 11.1 Å². The van der Waals surface area contributed by atoms with Crippen LogP contribution < -0.4 is 0 Å². The molecule has 18 heavy (non-hydrogen) atoms. The van der Waals surface area contributed by atoms with Crippen LogP contribution in [-0.4, -0.2) is 5.97 Å². The maximum atomic E-state index is 11.5. The molecule has 2 nitrogen and oxygen atoms in total. The maximum Gasteiger partial charge on any atom is 0.315 e. The number of rotatable bonds is 4. The van der Waals surface area contributed by atoms with Gasteiger partial charge in [-0.05, 0) is 17.2 Å². The Morgan fingerprint density at radius 3 is 2.22 bits per heavy atom. The third kappa shape index (κ3) is 3.91. The van der Waals surface area contributed by atoms with Crippen LogP contribution in [0.5, 0.6) is 0 Å². The summed E-state index contributed by atoms with van der Waals surface area (Å²) in [6.45, 7) is 0. The van der Waals surface area contributed by atoms with Crippen LogP contribution in [0.1, 0.15) is 11.1 Å². The number of ether oxygens (including phenoxy) is 1. The van der Waals surface area contributed by atoms with Crippen LogP contribution in [-0.2, 0) is 16.0 Å². The van der Waals surface area contributed by atoms with Gasteiger partial charge < -0.3 is 4.74 Å². The number of hydrogen-bond donors (Lipinski definition) is 0. The van der Waals surface area contributed by atoms with Gasteiger partial charge in [0.1, 0.15) is 0 Å². The average Bonchev–Trinajstić information content (AvgIpc) is 2.41. The summed E-state index contributed by atoms with van der Waals surface area (Å²) in [4.78, 5) is 11.5. The summed E-state index contributed by atoms with van der Waals surface area (Å²) in [6, 6.07) is 19.2. The molecule has 0 saturated heterocycles. The second-order valence-electron chi connectivity index (χ2n) is 3.87. The van der Waals surface area contributed by atoms with Crippen molar-refractivity contribution >= 4 is 12.0 Å². The van der Waals surface area contributed by atoms with Crippen LogP contribution in [0.4, 0.5) is 0 Å². The molecule has 90 valence electrons. The molecule has 0 radical (unpaired) electrons. The predicted octanol–water partition coefficient (Wildman–Crippen LogP) is 3.44. The molecule has 0 spiro atoms. The van der Waals surface area contributed by atoms with Crippen LogP contribution >= 0.6 is 0 Å². The number of benzene rings is 2. The first-order valence-corrected chi connectivity index (χ1v) is 5.79. The molecular weight excluding hydrogens is 224 g/mol. The highest BCUT2D eigenvalue weighted by Crippen LogP contribution is 2.03. The minimum atomic E-state index is -0.256. The van der Waals surface area contributed by atoms with E-state index in [9.17, 15) is 4.79 Å². The summed E-state index contributed by atoms with van der Waals surface area (Å²) in [7, 11) is 0. The summed E-state index contributed by atoms with van der Waals surface area (Å²) >= 11 is 0. The van der Waals surface area contributed by atoms with E-state index in [4.69, 9.17) is 4.74 Å². The Balaban J connectivity index is 1.84. The van der Waals surface area contributed by atoms with Crippen molar-refractivity contribution in [2.24, 2.45) is 0 Å². The molecule has 0 aromatic heterocycles. The van der Waals surface area contributed by atoms with Crippen LogP contribution in [0.3, 0.4) is 0 Å². The molecule has 0 saturated carbocycles. The average molecular weight is 238 g/mol. The minimum absolute atomic E-state index is 0.256. The molecule has 0 heterocycles. The molecule has 0 aliphatic heterocycles. The van der Waals surface area contributed by atoms with E-state index >= 15 is 0 Å². The van der Waals surface area contributed by atoms with Gasteiger partial charge in [0.2, 0.25) is 0 Å². The Morgan fingerprint density at radius 2 is 1.56 bits per heavy atom. The monoisotopic (exact) mass is 238 g/mol. The van der Waals surface area contributed by atoms with Crippen LogP contribution in [0.25, 0.3) is 6.08 Å². The van der Waals surface area contributed by atoms with E-state index in [1.54, 1.807) is 6.08 Å². The summed E-state index contributed by atoms with van der Waals surface area (Å²) in [5.41, 5.74) is 1.96. The SMILES string of the molecule is O=C(Cc1ccccc1)O/C=C\c1ccccc1. The zero-order valence-electron chi connectivity index (χ0n) is 9.95. The van der Waals surface area contributed by atoms with E-state index in [2.05, 4.69) is 0 Å². The molecular formula is C16H14O2. The van der Waals surface area contributed by atoms with E-state index < -0.39 is 0 Å².